The molecule has 152 valence electrons. The highest BCUT2D eigenvalue weighted by Crippen LogP contribution is 2.26. The molecule has 0 aliphatic carbocycles. The van der Waals surface area contributed by atoms with E-state index >= 15 is 0 Å². The second kappa shape index (κ2) is 9.12. The maximum absolute atomic E-state index is 12.9. The highest BCUT2D eigenvalue weighted by molar-refractivity contribution is 6.11. The second-order valence-corrected chi connectivity index (χ2v) is 6.67. The Bertz CT molecular complexity index is 1030. The van der Waals surface area contributed by atoms with E-state index in [-0.39, 0.29) is 40.6 Å². The third-order valence-corrected chi connectivity index (χ3v) is 4.34. The first kappa shape index (κ1) is 21.8. The van der Waals surface area contributed by atoms with Gasteiger partial charge < -0.3 is 9.84 Å². The number of hydrogen-bond donors (Lipinski definition) is 1. The minimum absolute atomic E-state index is 0.00674. The van der Waals surface area contributed by atoms with Gasteiger partial charge in [-0.2, -0.15) is 5.26 Å². The average Bonchev–Trinajstić information content (AvgIpc) is 2.67. The predicted molar refractivity (Wildman–Crippen MR) is 104 cm³/mol. The van der Waals surface area contributed by atoms with Gasteiger partial charge in [-0.1, -0.05) is 0 Å². The molecule has 0 amide bonds. The van der Waals surface area contributed by atoms with Crippen LogP contribution in [0.2, 0.25) is 0 Å². The molecule has 1 aromatic heterocycles. The monoisotopic (exact) mass is 399 g/mol. The van der Waals surface area contributed by atoms with Gasteiger partial charge in [-0.25, -0.2) is 0 Å². The number of nitro groups is 1. The molecule has 1 N–H and O–H groups in total. The van der Waals surface area contributed by atoms with Crippen LogP contribution in [0.1, 0.15) is 47.3 Å². The second-order valence-electron chi connectivity index (χ2n) is 6.67. The molecule has 0 unspecified atom stereocenters. The van der Waals surface area contributed by atoms with Gasteiger partial charge in [0.2, 0.25) is 5.88 Å². The zero-order valence-electron chi connectivity index (χ0n) is 16.3. The van der Waals surface area contributed by atoms with E-state index in [1.807, 2.05) is 13.8 Å². The number of carbonyl (C=O) groups is 1. The van der Waals surface area contributed by atoms with E-state index in [1.165, 1.54) is 31.2 Å². The summed E-state index contributed by atoms with van der Waals surface area (Å²) in [6.45, 7) is 5.54. The van der Waals surface area contributed by atoms with Gasteiger partial charge in [-0.3, -0.25) is 24.3 Å². The third kappa shape index (κ3) is 4.67. The van der Waals surface area contributed by atoms with Gasteiger partial charge >= 0.3 is 0 Å². The molecular weight excluding hydrogens is 378 g/mol. The predicted octanol–water partition coefficient (Wildman–Crippen LogP) is 2.69. The minimum atomic E-state index is -0.688. The lowest BCUT2D eigenvalue weighted by Crippen LogP contribution is -2.27. The summed E-state index contributed by atoms with van der Waals surface area (Å²) < 4.78 is 6.40. The third-order valence-electron chi connectivity index (χ3n) is 4.34. The molecule has 0 atom stereocenters. The van der Waals surface area contributed by atoms with Crippen LogP contribution in [0.3, 0.4) is 0 Å². The van der Waals surface area contributed by atoms with Gasteiger partial charge in [0.05, 0.1) is 16.6 Å². The van der Waals surface area contributed by atoms with Gasteiger partial charge in [0.1, 0.15) is 11.6 Å². The first-order valence-electron chi connectivity index (χ1n) is 8.96. The van der Waals surface area contributed by atoms with Crippen LogP contribution in [0.15, 0.2) is 29.1 Å². The molecule has 0 saturated heterocycles. The lowest BCUT2D eigenvalue weighted by atomic mass is 9.97. The van der Waals surface area contributed by atoms with Gasteiger partial charge in [0.15, 0.2) is 5.78 Å². The van der Waals surface area contributed by atoms with Crippen molar-refractivity contribution in [1.29, 1.82) is 5.26 Å². The Morgan fingerprint density at radius 2 is 1.97 bits per heavy atom. The van der Waals surface area contributed by atoms with Crippen LogP contribution in [0, 0.1) is 28.4 Å². The lowest BCUT2D eigenvalue weighted by Gasteiger charge is -2.16. The molecular formula is C20H21N3O6. The van der Waals surface area contributed by atoms with Crippen molar-refractivity contribution in [2.75, 3.05) is 6.61 Å². The van der Waals surface area contributed by atoms with E-state index in [2.05, 4.69) is 0 Å². The molecule has 9 heteroatoms. The molecule has 1 heterocycles. The summed E-state index contributed by atoms with van der Waals surface area (Å²) in [7, 11) is 0. The molecule has 29 heavy (non-hydrogen) atoms. The first-order valence-corrected chi connectivity index (χ1v) is 8.96. The quantitative estimate of drug-likeness (QED) is 0.312. The highest BCUT2D eigenvalue weighted by Gasteiger charge is 2.25. The minimum Gasteiger partial charge on any atom is -0.494 e. The molecule has 0 bridgehead atoms. The standard InChI is InChI=1S/C20H21N3O6/c1-12(2)29-10-4-9-22-19(25)16(11-21)13(3)17(20(22)26)18(24)14-5-7-15(8-6-14)23(27)28/h5-8,12,26H,4,9-10H2,1-3H3. The molecule has 1 aromatic carbocycles. The van der Waals surface area contributed by atoms with Gasteiger partial charge in [-0.05, 0) is 44.9 Å². The van der Waals surface area contributed by atoms with Gasteiger partial charge in [0, 0.05) is 30.8 Å². The number of aromatic hydroxyl groups is 1. The Labute approximate surface area is 166 Å². The van der Waals surface area contributed by atoms with E-state index in [9.17, 15) is 30.1 Å². The molecule has 0 radical (unpaired) electrons. The Hall–Kier alpha value is -3.51. The van der Waals surface area contributed by atoms with Crippen LogP contribution in [0.4, 0.5) is 5.69 Å². The fraction of sp³-hybridized carbons (Fsp3) is 0.350. The van der Waals surface area contributed by atoms with Crippen molar-refractivity contribution in [3.63, 3.8) is 0 Å². The number of aromatic nitrogens is 1. The average molecular weight is 399 g/mol. The Kier molecular flexibility index (Phi) is 6.85. The van der Waals surface area contributed by atoms with Crippen molar-refractivity contribution >= 4 is 11.5 Å². The van der Waals surface area contributed by atoms with E-state index in [4.69, 9.17) is 4.74 Å². The zero-order chi connectivity index (χ0) is 21.7. The smallest absolute Gasteiger partial charge is 0.271 e. The topological polar surface area (TPSA) is 135 Å². The molecule has 0 aliphatic heterocycles. The SMILES string of the molecule is Cc1c(C(=O)c2ccc([N+](=O)[O-])cc2)c(O)n(CCCOC(C)C)c(=O)c1C#N. The van der Waals surface area contributed by atoms with Crippen molar-refractivity contribution in [1.82, 2.24) is 4.57 Å². The number of nitro benzene ring substituents is 1. The molecule has 0 fully saturated rings. The Morgan fingerprint density at radius 3 is 2.48 bits per heavy atom. The Morgan fingerprint density at radius 1 is 1.34 bits per heavy atom. The fourth-order valence-electron chi connectivity index (χ4n) is 2.85. The number of nitriles is 1. The van der Waals surface area contributed by atoms with Gasteiger partial charge in [0.25, 0.3) is 11.2 Å². The normalized spacial score (nSPS) is 10.7. The highest BCUT2D eigenvalue weighted by atomic mass is 16.6. The fourth-order valence-corrected chi connectivity index (χ4v) is 2.85. The number of rotatable bonds is 8. The summed E-state index contributed by atoms with van der Waals surface area (Å²) in [5.41, 5.74) is -1.14. The van der Waals surface area contributed by atoms with Crippen LogP contribution in [0.5, 0.6) is 5.88 Å². The number of ether oxygens (including phenoxy) is 1. The van der Waals surface area contributed by atoms with Crippen LogP contribution < -0.4 is 5.56 Å². The molecule has 9 nitrogen and oxygen atoms in total. The van der Waals surface area contributed by atoms with E-state index in [0.717, 1.165) is 4.57 Å². The van der Waals surface area contributed by atoms with Gasteiger partial charge in [-0.15, -0.1) is 0 Å². The van der Waals surface area contributed by atoms with Crippen molar-refractivity contribution in [2.24, 2.45) is 0 Å². The number of pyridine rings is 1. The Balaban J connectivity index is 2.49. The first-order chi connectivity index (χ1) is 13.7. The number of non-ortho nitro benzene ring substituents is 1. The summed E-state index contributed by atoms with van der Waals surface area (Å²) in [5, 5.41) is 30.8. The number of hydrogen-bond acceptors (Lipinski definition) is 7. The zero-order valence-corrected chi connectivity index (χ0v) is 16.3. The van der Waals surface area contributed by atoms with E-state index in [0.29, 0.717) is 13.0 Å². The van der Waals surface area contributed by atoms with E-state index < -0.39 is 22.1 Å². The number of benzene rings is 1. The van der Waals surface area contributed by atoms with Crippen LogP contribution >= 0.6 is 0 Å². The number of nitrogens with zero attached hydrogens (tertiary/aromatic N) is 3. The number of ketones is 1. The van der Waals surface area contributed by atoms with E-state index in [1.54, 1.807) is 6.07 Å². The van der Waals surface area contributed by atoms with Crippen molar-refractivity contribution in [3.8, 4) is 11.9 Å². The largest absolute Gasteiger partial charge is 0.494 e. The van der Waals surface area contributed by atoms with Crippen LogP contribution in [-0.2, 0) is 11.3 Å². The van der Waals surface area contributed by atoms with Crippen LogP contribution in [0.25, 0.3) is 0 Å². The summed E-state index contributed by atoms with van der Waals surface area (Å²) in [4.78, 5) is 35.7. The summed E-state index contributed by atoms with van der Waals surface area (Å²) in [5.74, 6) is -1.18. The maximum atomic E-state index is 12.9. The lowest BCUT2D eigenvalue weighted by molar-refractivity contribution is -0.384. The molecule has 2 rings (SSSR count). The van der Waals surface area contributed by atoms with Crippen molar-refractivity contribution < 1.29 is 19.6 Å². The summed E-state index contributed by atoms with van der Waals surface area (Å²) >= 11 is 0. The van der Waals surface area contributed by atoms with Crippen LogP contribution in [-0.4, -0.2) is 33.1 Å². The summed E-state index contributed by atoms with van der Waals surface area (Å²) in [6, 6.07) is 6.66. The molecule has 0 spiro atoms. The molecule has 0 aliphatic rings. The molecule has 2 aromatic rings. The maximum Gasteiger partial charge on any atom is 0.271 e. The number of carbonyl (C=O) groups excluding carboxylic acids is 1. The van der Waals surface area contributed by atoms with Crippen molar-refractivity contribution in [3.05, 3.63) is 67.0 Å². The van der Waals surface area contributed by atoms with Crippen molar-refractivity contribution in [2.45, 2.75) is 39.8 Å². The molecule has 0 saturated carbocycles. The summed E-state index contributed by atoms with van der Waals surface area (Å²) in [6.07, 6.45) is 0.400.